The van der Waals surface area contributed by atoms with E-state index >= 15 is 0 Å². The number of anilines is 2. The number of piperazine rings is 1. The van der Waals surface area contributed by atoms with E-state index in [0.29, 0.717) is 24.3 Å². The molecule has 1 aliphatic heterocycles. The van der Waals surface area contributed by atoms with Gasteiger partial charge in [-0.25, -0.2) is 4.39 Å². The molecule has 0 aromatic heterocycles. The number of hydrogen-bond acceptors (Lipinski definition) is 3. The van der Waals surface area contributed by atoms with E-state index in [0.717, 1.165) is 24.3 Å². The van der Waals surface area contributed by atoms with E-state index in [1.807, 2.05) is 24.0 Å². The van der Waals surface area contributed by atoms with Gasteiger partial charge in [-0.1, -0.05) is 6.07 Å². The lowest BCUT2D eigenvalue weighted by Crippen LogP contribution is -2.48. The van der Waals surface area contributed by atoms with Crippen molar-refractivity contribution in [2.45, 2.75) is 6.92 Å². The molecule has 4 nitrogen and oxygen atoms in total. The van der Waals surface area contributed by atoms with E-state index in [1.165, 1.54) is 12.1 Å². The number of rotatable bonds is 2. The molecule has 1 saturated heterocycles. The molecule has 3 rings (SSSR count). The second kappa shape index (κ2) is 6.28. The van der Waals surface area contributed by atoms with Gasteiger partial charge in [0.25, 0.3) is 5.91 Å². The zero-order valence-electron chi connectivity index (χ0n) is 13.1. The van der Waals surface area contributed by atoms with Crippen LogP contribution >= 0.6 is 0 Å². The molecular weight excluding hydrogens is 293 g/mol. The second-order valence-corrected chi connectivity index (χ2v) is 5.83. The topological polar surface area (TPSA) is 49.6 Å². The molecule has 23 heavy (non-hydrogen) atoms. The number of nitrogens with zero attached hydrogens (tertiary/aromatic N) is 2. The van der Waals surface area contributed by atoms with Crippen molar-refractivity contribution in [2.75, 3.05) is 36.8 Å². The Morgan fingerprint density at radius 3 is 2.30 bits per heavy atom. The predicted molar refractivity (Wildman–Crippen MR) is 90.1 cm³/mol. The van der Waals surface area contributed by atoms with Crippen LogP contribution in [-0.2, 0) is 0 Å². The average molecular weight is 313 g/mol. The highest BCUT2D eigenvalue weighted by atomic mass is 19.1. The van der Waals surface area contributed by atoms with Gasteiger partial charge in [0.15, 0.2) is 0 Å². The molecule has 1 aliphatic rings. The van der Waals surface area contributed by atoms with E-state index < -0.39 is 0 Å². The molecule has 0 bridgehead atoms. The van der Waals surface area contributed by atoms with Crippen LogP contribution in [0.3, 0.4) is 0 Å². The van der Waals surface area contributed by atoms with Crippen LogP contribution in [0, 0.1) is 12.7 Å². The first-order valence-electron chi connectivity index (χ1n) is 7.70. The lowest BCUT2D eigenvalue weighted by molar-refractivity contribution is 0.0747. The molecule has 1 heterocycles. The minimum atomic E-state index is -0.237. The monoisotopic (exact) mass is 313 g/mol. The highest BCUT2D eigenvalue weighted by molar-refractivity contribution is 5.95. The SMILES string of the molecule is Cc1ccc(C(=O)N2CCN(c3ccc(F)cc3)CC2)cc1N. The molecule has 2 aromatic carbocycles. The van der Waals surface area contributed by atoms with Crippen LogP contribution in [0.15, 0.2) is 42.5 Å². The maximum absolute atomic E-state index is 13.0. The third-order valence-electron chi connectivity index (χ3n) is 4.28. The zero-order valence-corrected chi connectivity index (χ0v) is 13.1. The molecule has 1 amide bonds. The van der Waals surface area contributed by atoms with E-state index in [-0.39, 0.29) is 11.7 Å². The van der Waals surface area contributed by atoms with Crippen molar-refractivity contribution in [3.63, 3.8) is 0 Å². The molecule has 0 unspecified atom stereocenters. The standard InChI is InChI=1S/C18H20FN3O/c1-13-2-3-14(12-17(13)20)18(23)22-10-8-21(9-11-22)16-6-4-15(19)5-7-16/h2-7,12H,8-11,20H2,1H3. The maximum Gasteiger partial charge on any atom is 0.254 e. The third kappa shape index (κ3) is 3.28. The Hall–Kier alpha value is -2.56. The summed E-state index contributed by atoms with van der Waals surface area (Å²) < 4.78 is 13.0. The van der Waals surface area contributed by atoms with Gasteiger partial charge in [0.2, 0.25) is 0 Å². The van der Waals surface area contributed by atoms with Crippen LogP contribution in [0.5, 0.6) is 0 Å². The van der Waals surface area contributed by atoms with Crippen LogP contribution in [0.1, 0.15) is 15.9 Å². The number of aryl methyl sites for hydroxylation is 1. The third-order valence-corrected chi connectivity index (χ3v) is 4.28. The Labute approximate surface area is 135 Å². The predicted octanol–water partition coefficient (Wildman–Crippen LogP) is 2.68. The normalized spacial score (nSPS) is 14.9. The highest BCUT2D eigenvalue weighted by Gasteiger charge is 2.22. The first-order valence-corrected chi connectivity index (χ1v) is 7.70. The summed E-state index contributed by atoms with van der Waals surface area (Å²) in [4.78, 5) is 16.6. The summed E-state index contributed by atoms with van der Waals surface area (Å²) >= 11 is 0. The first kappa shape index (κ1) is 15.3. The molecule has 0 atom stereocenters. The lowest BCUT2D eigenvalue weighted by atomic mass is 10.1. The van der Waals surface area contributed by atoms with Gasteiger partial charge in [-0.2, -0.15) is 0 Å². The molecule has 120 valence electrons. The summed E-state index contributed by atoms with van der Waals surface area (Å²) in [6.07, 6.45) is 0. The summed E-state index contributed by atoms with van der Waals surface area (Å²) in [6.45, 7) is 4.68. The molecule has 5 heteroatoms. The molecule has 0 saturated carbocycles. The second-order valence-electron chi connectivity index (χ2n) is 5.83. The van der Waals surface area contributed by atoms with Crippen molar-refractivity contribution in [1.29, 1.82) is 0 Å². The smallest absolute Gasteiger partial charge is 0.254 e. The molecule has 0 radical (unpaired) electrons. The maximum atomic E-state index is 13.0. The van der Waals surface area contributed by atoms with Crippen LogP contribution in [-0.4, -0.2) is 37.0 Å². The van der Waals surface area contributed by atoms with Crippen molar-refractivity contribution < 1.29 is 9.18 Å². The fourth-order valence-electron chi connectivity index (χ4n) is 2.78. The van der Waals surface area contributed by atoms with Crippen molar-refractivity contribution in [1.82, 2.24) is 4.90 Å². The van der Waals surface area contributed by atoms with Crippen molar-refractivity contribution in [2.24, 2.45) is 0 Å². The van der Waals surface area contributed by atoms with Crippen molar-refractivity contribution in [3.05, 3.63) is 59.4 Å². The average Bonchev–Trinajstić information content (AvgIpc) is 2.57. The van der Waals surface area contributed by atoms with Gasteiger partial charge in [-0.15, -0.1) is 0 Å². The van der Waals surface area contributed by atoms with Crippen molar-refractivity contribution in [3.8, 4) is 0 Å². The Bertz CT molecular complexity index is 707. The molecule has 0 spiro atoms. The number of nitrogen functional groups attached to an aromatic ring is 1. The van der Waals surface area contributed by atoms with Crippen LogP contribution in [0.4, 0.5) is 15.8 Å². The molecule has 1 fully saturated rings. The number of carbonyl (C=O) groups excluding carboxylic acids is 1. The Morgan fingerprint density at radius 2 is 1.70 bits per heavy atom. The number of benzene rings is 2. The summed E-state index contributed by atoms with van der Waals surface area (Å²) in [5.41, 5.74) is 9.12. The minimum absolute atomic E-state index is 0.00968. The van der Waals surface area contributed by atoms with Gasteiger partial charge in [0.1, 0.15) is 5.82 Å². The quantitative estimate of drug-likeness (QED) is 0.867. The van der Waals surface area contributed by atoms with Gasteiger partial charge in [0, 0.05) is 43.1 Å². The summed E-state index contributed by atoms with van der Waals surface area (Å²) in [6, 6.07) is 11.9. The zero-order chi connectivity index (χ0) is 16.4. The number of halogens is 1. The van der Waals surface area contributed by atoms with Gasteiger partial charge in [0.05, 0.1) is 0 Å². The van der Waals surface area contributed by atoms with Crippen molar-refractivity contribution >= 4 is 17.3 Å². The fourth-order valence-corrected chi connectivity index (χ4v) is 2.78. The number of carbonyl (C=O) groups is 1. The highest BCUT2D eigenvalue weighted by Crippen LogP contribution is 2.19. The summed E-state index contributed by atoms with van der Waals surface area (Å²) in [7, 11) is 0. The Balaban J connectivity index is 1.65. The van der Waals surface area contributed by atoms with E-state index in [9.17, 15) is 9.18 Å². The number of amides is 1. The van der Waals surface area contributed by atoms with Gasteiger partial charge < -0.3 is 15.5 Å². The van der Waals surface area contributed by atoms with E-state index in [1.54, 1.807) is 18.2 Å². The minimum Gasteiger partial charge on any atom is -0.398 e. The first-order chi connectivity index (χ1) is 11.0. The van der Waals surface area contributed by atoms with Crippen LogP contribution < -0.4 is 10.6 Å². The Kier molecular flexibility index (Phi) is 4.19. The largest absolute Gasteiger partial charge is 0.398 e. The molecule has 0 aliphatic carbocycles. The summed E-state index contributed by atoms with van der Waals surface area (Å²) in [5.74, 6) is -0.227. The molecule has 2 N–H and O–H groups in total. The molecular formula is C18H20FN3O. The van der Waals surface area contributed by atoms with Gasteiger partial charge in [-0.3, -0.25) is 4.79 Å². The van der Waals surface area contributed by atoms with Crippen LogP contribution in [0.2, 0.25) is 0 Å². The summed E-state index contributed by atoms with van der Waals surface area (Å²) in [5, 5.41) is 0. The van der Waals surface area contributed by atoms with E-state index in [2.05, 4.69) is 4.90 Å². The number of hydrogen-bond donors (Lipinski definition) is 1. The lowest BCUT2D eigenvalue weighted by Gasteiger charge is -2.36. The van der Waals surface area contributed by atoms with Crippen LogP contribution in [0.25, 0.3) is 0 Å². The van der Waals surface area contributed by atoms with Gasteiger partial charge >= 0.3 is 0 Å². The molecule has 2 aromatic rings. The van der Waals surface area contributed by atoms with Gasteiger partial charge in [-0.05, 0) is 48.9 Å². The Morgan fingerprint density at radius 1 is 1.04 bits per heavy atom. The number of nitrogens with two attached hydrogens (primary N) is 1. The van der Waals surface area contributed by atoms with E-state index in [4.69, 9.17) is 5.73 Å². The fraction of sp³-hybridized carbons (Fsp3) is 0.278.